The summed E-state index contributed by atoms with van der Waals surface area (Å²) in [5, 5.41) is 22.3. The van der Waals surface area contributed by atoms with E-state index in [1.54, 1.807) is 0 Å². The number of hydrogen-bond donors (Lipinski definition) is 2. The number of aliphatic hydroxyl groups excluding tert-OH is 2. The first kappa shape index (κ1) is 27.7. The molecule has 1 saturated heterocycles. The molecule has 2 N–H and O–H groups in total. The van der Waals surface area contributed by atoms with Crippen LogP contribution in [0.2, 0.25) is 36.3 Å². The van der Waals surface area contributed by atoms with E-state index in [4.69, 9.17) is 8.85 Å². The maximum Gasteiger partial charge on any atom is 0.192 e. The maximum absolute atomic E-state index is 11.1. The molecule has 184 valence electrons. The largest absolute Gasteiger partial charge is 0.415 e. The molecule has 2 rings (SSSR count). The van der Waals surface area contributed by atoms with Gasteiger partial charge in [0.25, 0.3) is 0 Å². The monoisotopic (exact) mass is 481 g/mol. The molecule has 4 atom stereocenters. The van der Waals surface area contributed by atoms with E-state index < -0.39 is 28.8 Å². The summed E-state index contributed by atoms with van der Waals surface area (Å²) in [6.45, 7) is 23.7. The number of aliphatic hydroxyl groups is 2. The van der Waals surface area contributed by atoms with Gasteiger partial charge in [0, 0.05) is 6.54 Å². The number of rotatable bonds is 8. The molecule has 0 aromatic heterocycles. The third kappa shape index (κ3) is 6.31. The lowest BCUT2D eigenvalue weighted by atomic mass is 10.1. The second-order valence-corrected chi connectivity index (χ2v) is 22.0. The molecule has 0 unspecified atom stereocenters. The van der Waals surface area contributed by atoms with Gasteiger partial charge < -0.3 is 19.1 Å². The van der Waals surface area contributed by atoms with Gasteiger partial charge in [0.15, 0.2) is 16.6 Å². The molecule has 0 aliphatic carbocycles. The zero-order valence-electron chi connectivity index (χ0n) is 22.0. The smallest absolute Gasteiger partial charge is 0.192 e. The molecule has 0 bridgehead atoms. The highest BCUT2D eigenvalue weighted by Crippen LogP contribution is 2.39. The van der Waals surface area contributed by atoms with Crippen LogP contribution in [0.5, 0.6) is 0 Å². The first-order valence-corrected chi connectivity index (χ1v) is 17.7. The molecule has 1 aromatic rings. The van der Waals surface area contributed by atoms with Crippen LogP contribution in [-0.4, -0.2) is 69.3 Å². The summed E-state index contributed by atoms with van der Waals surface area (Å²) in [7, 11) is -3.97. The zero-order valence-corrected chi connectivity index (χ0v) is 24.0. The van der Waals surface area contributed by atoms with Crippen molar-refractivity contribution in [3.05, 3.63) is 35.9 Å². The Morgan fingerprint density at radius 2 is 1.12 bits per heavy atom. The van der Waals surface area contributed by atoms with E-state index in [0.29, 0.717) is 19.8 Å². The Kier molecular flexibility index (Phi) is 8.64. The minimum absolute atomic E-state index is 0.0876. The van der Waals surface area contributed by atoms with Gasteiger partial charge in [-0.15, -0.1) is 0 Å². The summed E-state index contributed by atoms with van der Waals surface area (Å²) < 4.78 is 13.0. The van der Waals surface area contributed by atoms with E-state index >= 15 is 0 Å². The molecule has 7 heteroatoms. The van der Waals surface area contributed by atoms with Crippen molar-refractivity contribution >= 4 is 16.6 Å². The van der Waals surface area contributed by atoms with Gasteiger partial charge in [-0.1, -0.05) is 71.9 Å². The van der Waals surface area contributed by atoms with Gasteiger partial charge >= 0.3 is 0 Å². The third-order valence-electron chi connectivity index (χ3n) is 8.04. The van der Waals surface area contributed by atoms with Crippen molar-refractivity contribution in [1.29, 1.82) is 0 Å². The first-order valence-electron chi connectivity index (χ1n) is 11.9. The molecule has 1 aliphatic heterocycles. The summed E-state index contributed by atoms with van der Waals surface area (Å²) in [5.41, 5.74) is 1.16. The van der Waals surface area contributed by atoms with Crippen molar-refractivity contribution in [1.82, 2.24) is 4.90 Å². The Labute approximate surface area is 198 Å². The van der Waals surface area contributed by atoms with Gasteiger partial charge in [-0.25, -0.2) is 0 Å². The Morgan fingerprint density at radius 1 is 0.750 bits per heavy atom. The average Bonchev–Trinajstić information content (AvgIpc) is 2.87. The van der Waals surface area contributed by atoms with Gasteiger partial charge in [0.1, 0.15) is 0 Å². The van der Waals surface area contributed by atoms with Gasteiger partial charge in [-0.2, -0.15) is 0 Å². The van der Waals surface area contributed by atoms with E-state index in [1.165, 1.54) is 0 Å². The van der Waals surface area contributed by atoms with Crippen molar-refractivity contribution in [3.63, 3.8) is 0 Å². The van der Waals surface area contributed by atoms with E-state index in [9.17, 15) is 10.2 Å². The van der Waals surface area contributed by atoms with Gasteiger partial charge in [0.2, 0.25) is 0 Å². The Hall–Kier alpha value is -0.546. The molecule has 0 amide bonds. The average molecular weight is 482 g/mol. The number of benzene rings is 1. The minimum Gasteiger partial charge on any atom is -0.415 e. The van der Waals surface area contributed by atoms with E-state index in [1.807, 2.05) is 18.2 Å². The maximum atomic E-state index is 11.1. The molecule has 1 fully saturated rings. The summed E-state index contributed by atoms with van der Waals surface area (Å²) in [6.07, 6.45) is -1.73. The van der Waals surface area contributed by atoms with E-state index in [0.717, 1.165) is 5.56 Å². The lowest BCUT2D eigenvalue weighted by Crippen LogP contribution is -2.49. The van der Waals surface area contributed by atoms with Crippen LogP contribution in [0.4, 0.5) is 0 Å². The Morgan fingerprint density at radius 3 is 1.47 bits per heavy atom. The molecule has 0 spiro atoms. The Balaban J connectivity index is 2.27. The molecule has 0 saturated carbocycles. The molecule has 5 nitrogen and oxygen atoms in total. The van der Waals surface area contributed by atoms with Crippen LogP contribution in [0, 0.1) is 0 Å². The lowest BCUT2D eigenvalue weighted by molar-refractivity contribution is 0.0144. The molecular weight excluding hydrogens is 434 g/mol. The van der Waals surface area contributed by atoms with E-state index in [-0.39, 0.29) is 22.2 Å². The minimum atomic E-state index is -1.98. The number of hydrogen-bond acceptors (Lipinski definition) is 5. The Bertz CT molecular complexity index is 686. The fraction of sp³-hybridized carbons (Fsp3) is 0.760. The standard InChI is InChI=1S/C25H47NO4Si2/c1-24(2,3)31(7,8)29-17-20-22(27)23(28)21(18-30-32(9,10)25(4,5)6)26(20)16-19-14-12-11-13-15-19/h11-15,20-23,27-28H,16-18H2,1-10H3/t20-,21-,22+,23+/m1/s1. The van der Waals surface area contributed by atoms with Crippen molar-refractivity contribution in [2.75, 3.05) is 13.2 Å². The first-order chi connectivity index (χ1) is 14.5. The highest BCUT2D eigenvalue weighted by atomic mass is 28.4. The predicted octanol–water partition coefficient (Wildman–Crippen LogP) is 5.00. The summed E-state index contributed by atoms with van der Waals surface area (Å²) in [5.74, 6) is 0. The summed E-state index contributed by atoms with van der Waals surface area (Å²) in [4.78, 5) is 2.21. The normalized spacial score (nSPS) is 26.0. The number of nitrogens with zero attached hydrogens (tertiary/aromatic N) is 1. The number of likely N-dealkylation sites (tertiary alicyclic amines) is 1. The molecule has 1 aromatic carbocycles. The van der Waals surface area contributed by atoms with Crippen molar-refractivity contribution in [2.45, 2.75) is 109 Å². The van der Waals surface area contributed by atoms with Crippen molar-refractivity contribution < 1.29 is 19.1 Å². The van der Waals surface area contributed by atoms with Crippen molar-refractivity contribution in [3.8, 4) is 0 Å². The van der Waals surface area contributed by atoms with Gasteiger partial charge in [-0.05, 0) is 41.8 Å². The van der Waals surface area contributed by atoms with Crippen LogP contribution in [0.25, 0.3) is 0 Å². The van der Waals surface area contributed by atoms with Gasteiger partial charge in [-0.3, -0.25) is 4.90 Å². The van der Waals surface area contributed by atoms with Crippen LogP contribution >= 0.6 is 0 Å². The molecule has 32 heavy (non-hydrogen) atoms. The summed E-state index contributed by atoms with van der Waals surface area (Å²) in [6, 6.07) is 9.71. The van der Waals surface area contributed by atoms with Crippen LogP contribution in [0.15, 0.2) is 30.3 Å². The molecule has 0 radical (unpaired) electrons. The topological polar surface area (TPSA) is 62.2 Å². The molecular formula is C25H47NO4Si2. The van der Waals surface area contributed by atoms with Gasteiger partial charge in [0.05, 0.1) is 37.5 Å². The molecule has 1 aliphatic rings. The second kappa shape index (κ2) is 9.98. The molecule has 1 heterocycles. The highest BCUT2D eigenvalue weighted by molar-refractivity contribution is 6.74. The highest BCUT2D eigenvalue weighted by Gasteiger charge is 2.50. The summed E-state index contributed by atoms with van der Waals surface area (Å²) >= 11 is 0. The third-order valence-corrected chi connectivity index (χ3v) is 17.0. The van der Waals surface area contributed by atoms with Crippen LogP contribution in [0.3, 0.4) is 0 Å². The second-order valence-electron chi connectivity index (χ2n) is 12.4. The van der Waals surface area contributed by atoms with Crippen LogP contribution in [-0.2, 0) is 15.4 Å². The predicted molar refractivity (Wildman–Crippen MR) is 138 cm³/mol. The fourth-order valence-electron chi connectivity index (χ4n) is 3.53. The fourth-order valence-corrected chi connectivity index (χ4v) is 5.57. The SMILES string of the molecule is CC(C)(C)[Si](C)(C)OC[C@@H]1[C@H](O)[C@@H](O)[C@@H](CO[Si](C)(C)C(C)(C)C)N1Cc1ccccc1. The van der Waals surface area contributed by atoms with Crippen molar-refractivity contribution in [2.24, 2.45) is 0 Å². The van der Waals surface area contributed by atoms with E-state index in [2.05, 4.69) is 84.8 Å². The lowest BCUT2D eigenvalue weighted by Gasteiger charge is -2.40. The van der Waals surface area contributed by atoms with Crippen LogP contribution < -0.4 is 0 Å². The van der Waals surface area contributed by atoms with Crippen LogP contribution in [0.1, 0.15) is 47.1 Å². The zero-order chi connectivity index (χ0) is 24.5. The quantitative estimate of drug-likeness (QED) is 0.511.